The third-order valence-corrected chi connectivity index (χ3v) is 5.42. The normalized spacial score (nSPS) is 26.6. The zero-order valence-corrected chi connectivity index (χ0v) is 13.0. The summed E-state index contributed by atoms with van der Waals surface area (Å²) in [5.41, 5.74) is 0.781. The van der Waals surface area contributed by atoms with Crippen molar-refractivity contribution in [2.24, 2.45) is 17.8 Å². The van der Waals surface area contributed by atoms with Gasteiger partial charge in [-0.05, 0) is 29.9 Å². The van der Waals surface area contributed by atoms with Gasteiger partial charge in [-0.15, -0.1) is 11.3 Å². The Hall–Kier alpha value is -1.79. The number of likely N-dealkylation sites (tertiary alicyclic amines) is 1. The molecule has 0 bridgehead atoms. The summed E-state index contributed by atoms with van der Waals surface area (Å²) in [7, 11) is 0. The summed E-state index contributed by atoms with van der Waals surface area (Å²) in [6.07, 6.45) is 5.89. The van der Waals surface area contributed by atoms with Gasteiger partial charge in [0.15, 0.2) is 0 Å². The lowest BCUT2D eigenvalue weighted by molar-refractivity contribution is -0.116. The van der Waals surface area contributed by atoms with E-state index in [1.807, 2.05) is 23.7 Å². The maximum atomic E-state index is 12.1. The molecule has 1 unspecified atom stereocenters. The van der Waals surface area contributed by atoms with Crippen LogP contribution < -0.4 is 5.32 Å². The van der Waals surface area contributed by atoms with Crippen molar-refractivity contribution < 1.29 is 4.79 Å². The number of amides is 1. The summed E-state index contributed by atoms with van der Waals surface area (Å²) in [6, 6.07) is 3.70. The first-order valence-corrected chi connectivity index (χ1v) is 8.48. The summed E-state index contributed by atoms with van der Waals surface area (Å²) in [4.78, 5) is 22.9. The van der Waals surface area contributed by atoms with Crippen molar-refractivity contribution in [1.29, 1.82) is 0 Å². The second kappa shape index (κ2) is 5.78. The van der Waals surface area contributed by atoms with Crippen LogP contribution in [0.1, 0.15) is 11.4 Å². The Morgan fingerprint density at radius 3 is 2.91 bits per heavy atom. The Morgan fingerprint density at radius 2 is 2.23 bits per heavy atom. The highest BCUT2D eigenvalue weighted by molar-refractivity contribution is 7.09. The minimum atomic E-state index is 0.110. The van der Waals surface area contributed by atoms with Crippen molar-refractivity contribution in [2.45, 2.75) is 13.0 Å². The first kappa shape index (κ1) is 13.8. The van der Waals surface area contributed by atoms with Crippen molar-refractivity contribution in [1.82, 2.24) is 14.9 Å². The van der Waals surface area contributed by atoms with E-state index in [0.29, 0.717) is 24.2 Å². The second-order valence-corrected chi connectivity index (χ2v) is 7.08. The van der Waals surface area contributed by atoms with Gasteiger partial charge in [-0.25, -0.2) is 4.98 Å². The molecule has 2 fully saturated rings. The summed E-state index contributed by atoms with van der Waals surface area (Å²) in [6.45, 7) is 3.17. The Bertz CT molecular complexity index is 633. The molecular weight excluding hydrogens is 296 g/mol. The van der Waals surface area contributed by atoms with Crippen LogP contribution in [-0.2, 0) is 11.3 Å². The van der Waals surface area contributed by atoms with E-state index >= 15 is 0 Å². The predicted octanol–water partition coefficient (Wildman–Crippen LogP) is 2.24. The van der Waals surface area contributed by atoms with Gasteiger partial charge >= 0.3 is 0 Å². The predicted molar refractivity (Wildman–Crippen MR) is 85.3 cm³/mol. The third kappa shape index (κ3) is 2.89. The van der Waals surface area contributed by atoms with Crippen LogP contribution in [0.3, 0.4) is 0 Å². The number of hydrogen-bond donors (Lipinski definition) is 1. The van der Waals surface area contributed by atoms with Crippen LogP contribution >= 0.6 is 11.3 Å². The smallest absolute Gasteiger partial charge is 0.224 e. The summed E-state index contributed by atoms with van der Waals surface area (Å²) in [5, 5.41) is 6.14. The molecule has 2 aliphatic rings. The summed E-state index contributed by atoms with van der Waals surface area (Å²) < 4.78 is 0. The molecule has 1 aliphatic heterocycles. The SMILES string of the molecule is O=C(CC1[C@H]2CN(Cc3nccs3)C[C@@H]12)Nc1cccnc1. The van der Waals surface area contributed by atoms with Crippen LogP contribution in [0.25, 0.3) is 0 Å². The molecule has 3 atom stereocenters. The lowest BCUT2D eigenvalue weighted by Crippen LogP contribution is -2.25. The van der Waals surface area contributed by atoms with Gasteiger partial charge in [0.1, 0.15) is 5.01 Å². The number of carbonyl (C=O) groups is 1. The molecule has 0 aromatic carbocycles. The average molecular weight is 314 g/mol. The molecule has 0 spiro atoms. The number of hydrogen-bond acceptors (Lipinski definition) is 5. The lowest BCUT2D eigenvalue weighted by Gasteiger charge is -2.17. The minimum Gasteiger partial charge on any atom is -0.325 e. The molecule has 2 aromatic heterocycles. The van der Waals surface area contributed by atoms with Crippen molar-refractivity contribution in [3.05, 3.63) is 41.1 Å². The number of nitrogens with one attached hydrogen (secondary N) is 1. The van der Waals surface area contributed by atoms with Crippen molar-refractivity contribution in [3.8, 4) is 0 Å². The number of aromatic nitrogens is 2. The van der Waals surface area contributed by atoms with E-state index in [1.54, 1.807) is 23.7 Å². The molecule has 5 nitrogen and oxygen atoms in total. The quantitative estimate of drug-likeness (QED) is 0.919. The van der Waals surface area contributed by atoms with Gasteiger partial charge < -0.3 is 5.32 Å². The van der Waals surface area contributed by atoms with Crippen molar-refractivity contribution in [3.63, 3.8) is 0 Å². The maximum absolute atomic E-state index is 12.1. The fourth-order valence-corrected chi connectivity index (χ4v) is 4.21. The first-order chi connectivity index (χ1) is 10.8. The molecule has 4 rings (SSSR count). The molecule has 1 amide bonds. The Labute approximate surface area is 133 Å². The van der Waals surface area contributed by atoms with Crippen LogP contribution in [-0.4, -0.2) is 33.9 Å². The molecule has 6 heteroatoms. The highest BCUT2D eigenvalue weighted by atomic mass is 32.1. The number of thiazole rings is 1. The van der Waals surface area contributed by atoms with Gasteiger partial charge in [0.25, 0.3) is 0 Å². The highest BCUT2D eigenvalue weighted by Crippen LogP contribution is 2.53. The molecule has 1 aliphatic carbocycles. The molecule has 0 radical (unpaired) electrons. The topological polar surface area (TPSA) is 58.1 Å². The minimum absolute atomic E-state index is 0.110. The van der Waals surface area contributed by atoms with E-state index in [2.05, 4.69) is 20.2 Å². The zero-order valence-electron chi connectivity index (χ0n) is 12.2. The van der Waals surface area contributed by atoms with Crippen LogP contribution in [0.15, 0.2) is 36.1 Å². The fraction of sp³-hybridized carbons (Fsp3) is 0.438. The Kier molecular flexibility index (Phi) is 3.63. The molecule has 1 N–H and O–H groups in total. The molecular formula is C16H18N4OS. The first-order valence-electron chi connectivity index (χ1n) is 7.60. The zero-order chi connectivity index (χ0) is 14.9. The van der Waals surface area contributed by atoms with Crippen molar-refractivity contribution in [2.75, 3.05) is 18.4 Å². The van der Waals surface area contributed by atoms with Gasteiger partial charge in [-0.2, -0.15) is 0 Å². The Morgan fingerprint density at radius 1 is 1.36 bits per heavy atom. The van der Waals surface area contributed by atoms with E-state index in [9.17, 15) is 4.79 Å². The standard InChI is InChI=1S/C16H18N4OS/c21-15(19-11-2-1-3-17-7-11)6-12-13-8-20(9-14(12)13)10-16-18-4-5-22-16/h1-5,7,12-14H,6,8-10H2,(H,19,21)/t12?,13-,14+. The van der Waals surface area contributed by atoms with E-state index in [0.717, 1.165) is 25.3 Å². The third-order valence-electron chi connectivity index (χ3n) is 4.66. The number of rotatable bonds is 5. The van der Waals surface area contributed by atoms with Gasteiger partial charge in [-0.3, -0.25) is 14.7 Å². The number of nitrogens with zero attached hydrogens (tertiary/aromatic N) is 3. The number of anilines is 1. The Balaban J connectivity index is 1.24. The monoisotopic (exact) mass is 314 g/mol. The summed E-state index contributed by atoms with van der Waals surface area (Å²) in [5.74, 6) is 2.06. The van der Waals surface area contributed by atoms with Gasteiger partial charge in [0.05, 0.1) is 18.4 Å². The summed E-state index contributed by atoms with van der Waals surface area (Å²) >= 11 is 1.72. The van der Waals surface area contributed by atoms with E-state index in [4.69, 9.17) is 0 Å². The van der Waals surface area contributed by atoms with Gasteiger partial charge in [0.2, 0.25) is 5.91 Å². The molecule has 1 saturated carbocycles. The highest BCUT2D eigenvalue weighted by Gasteiger charge is 2.55. The number of carbonyl (C=O) groups excluding carboxylic acids is 1. The fourth-order valence-electron chi connectivity index (χ4n) is 3.55. The van der Waals surface area contributed by atoms with Crippen LogP contribution in [0.5, 0.6) is 0 Å². The maximum Gasteiger partial charge on any atom is 0.224 e. The number of piperidine rings is 1. The molecule has 3 heterocycles. The van der Waals surface area contributed by atoms with Crippen LogP contribution in [0.2, 0.25) is 0 Å². The average Bonchev–Trinajstić information content (AvgIpc) is 2.93. The molecule has 2 aromatic rings. The van der Waals surface area contributed by atoms with Crippen LogP contribution in [0.4, 0.5) is 5.69 Å². The lowest BCUT2D eigenvalue weighted by atomic mass is 10.2. The molecule has 22 heavy (non-hydrogen) atoms. The molecule has 114 valence electrons. The second-order valence-electron chi connectivity index (χ2n) is 6.11. The molecule has 1 saturated heterocycles. The van der Waals surface area contributed by atoms with Crippen molar-refractivity contribution >= 4 is 22.9 Å². The van der Waals surface area contributed by atoms with Gasteiger partial charge in [-0.1, -0.05) is 0 Å². The van der Waals surface area contributed by atoms with Gasteiger partial charge in [0, 0.05) is 37.3 Å². The largest absolute Gasteiger partial charge is 0.325 e. The van der Waals surface area contributed by atoms with Crippen LogP contribution in [0, 0.1) is 17.8 Å². The van der Waals surface area contributed by atoms with E-state index < -0.39 is 0 Å². The van der Waals surface area contributed by atoms with E-state index in [1.165, 1.54) is 5.01 Å². The number of pyridine rings is 1. The number of fused-ring (bicyclic) bond motifs is 1. The van der Waals surface area contributed by atoms with E-state index in [-0.39, 0.29) is 5.91 Å².